The predicted molar refractivity (Wildman–Crippen MR) is 105 cm³/mol. The predicted octanol–water partition coefficient (Wildman–Crippen LogP) is -6.14. The number of aliphatic carboxylic acids is 2. The first-order valence-corrected chi connectivity index (χ1v) is 10.3. The second kappa shape index (κ2) is 11.9. The Morgan fingerprint density at radius 2 is 1.94 bits per heavy atom. The third kappa shape index (κ3) is 6.33. The van der Waals surface area contributed by atoms with Crippen LogP contribution in [-0.2, 0) is 9.59 Å². The molecule has 33 heavy (non-hydrogen) atoms. The van der Waals surface area contributed by atoms with E-state index in [1.54, 1.807) is 13.8 Å². The van der Waals surface area contributed by atoms with Crippen molar-refractivity contribution < 1.29 is 92.6 Å². The zero-order valence-electron chi connectivity index (χ0n) is 18.5. The van der Waals surface area contributed by atoms with Crippen molar-refractivity contribution in [2.75, 3.05) is 0 Å². The van der Waals surface area contributed by atoms with E-state index in [1.165, 1.54) is 19.1 Å². The molecule has 3 rings (SSSR count). The van der Waals surface area contributed by atoms with Crippen LogP contribution in [0, 0.1) is 12.7 Å². The molecule has 1 aliphatic heterocycles. The van der Waals surface area contributed by atoms with Crippen LogP contribution in [0.2, 0.25) is 5.02 Å². The number of carboxylic acid groups (broad SMARTS) is 2. The molecule has 0 saturated carbocycles. The monoisotopic (exact) mass is 515 g/mol. The normalized spacial score (nSPS) is 19.7. The summed E-state index contributed by atoms with van der Waals surface area (Å²) >= 11 is 7.06. The van der Waals surface area contributed by atoms with Crippen molar-refractivity contribution in [1.82, 2.24) is 15.8 Å². The first-order valence-electron chi connectivity index (χ1n) is 9.01. The van der Waals surface area contributed by atoms with Gasteiger partial charge in [-0.2, -0.15) is 0 Å². The minimum atomic E-state index is -1.65. The number of thioether (sulfide) groups is 1. The van der Waals surface area contributed by atoms with Crippen LogP contribution in [-0.4, -0.2) is 45.2 Å². The Morgan fingerprint density at radius 1 is 1.30 bits per heavy atom. The van der Waals surface area contributed by atoms with Gasteiger partial charge in [-0.25, -0.2) is 4.39 Å². The van der Waals surface area contributed by atoms with Crippen LogP contribution in [0.4, 0.5) is 4.39 Å². The number of aromatic nitrogens is 1. The zero-order valence-corrected chi connectivity index (χ0v) is 24.1. The molecule has 2 aromatic rings. The molecule has 1 amide bonds. The summed E-state index contributed by atoms with van der Waals surface area (Å²) in [6.07, 6.45) is 0. The maximum absolute atomic E-state index is 14.4. The summed E-state index contributed by atoms with van der Waals surface area (Å²) in [5, 5.41) is 30.7. The van der Waals surface area contributed by atoms with E-state index in [9.17, 15) is 29.0 Å². The number of hydrogen-bond donors (Lipinski definition) is 2. The molecule has 1 aliphatic rings. The van der Waals surface area contributed by atoms with Crippen molar-refractivity contribution in [2.45, 2.75) is 43.0 Å². The molecule has 2 N–H and O–H groups in total. The topological polar surface area (TPSA) is 147 Å². The van der Waals surface area contributed by atoms with Gasteiger partial charge in [0.25, 0.3) is 5.91 Å². The van der Waals surface area contributed by atoms with Crippen LogP contribution in [0.15, 0.2) is 22.7 Å². The first kappa shape index (κ1) is 30.4. The van der Waals surface area contributed by atoms with Crippen molar-refractivity contribution in [3.8, 4) is 11.3 Å². The van der Waals surface area contributed by atoms with Gasteiger partial charge in [0.05, 0.1) is 40.0 Å². The summed E-state index contributed by atoms with van der Waals surface area (Å²) < 4.78 is 18.5. The molecule has 0 bridgehead atoms. The van der Waals surface area contributed by atoms with E-state index in [-0.39, 0.29) is 86.7 Å². The number of carbonyl (C=O) groups is 3. The molecular formula is C19H17ClFN3Na2O6S. The number of rotatable bonds is 6. The molecule has 9 nitrogen and oxygen atoms in total. The van der Waals surface area contributed by atoms with Crippen LogP contribution in [0.3, 0.4) is 0 Å². The Morgan fingerprint density at radius 3 is 2.45 bits per heavy atom. The van der Waals surface area contributed by atoms with Gasteiger partial charge in [0.2, 0.25) is 0 Å². The number of hydrogen-bond acceptors (Lipinski definition) is 9. The number of carboxylic acids is 2. The fraction of sp³-hybridized carbons (Fsp3) is 0.368. The van der Waals surface area contributed by atoms with E-state index in [0.717, 1.165) is 17.8 Å². The van der Waals surface area contributed by atoms with Gasteiger partial charge in [-0.05, 0) is 32.9 Å². The Labute approximate surface area is 242 Å². The third-order valence-electron chi connectivity index (χ3n) is 4.83. The minimum absolute atomic E-state index is 0. The van der Waals surface area contributed by atoms with Crippen molar-refractivity contribution in [3.05, 3.63) is 40.4 Å². The summed E-state index contributed by atoms with van der Waals surface area (Å²) in [4.78, 5) is 36.1. The molecule has 0 radical (unpaired) electrons. The van der Waals surface area contributed by atoms with E-state index in [2.05, 4.69) is 15.8 Å². The number of halogens is 2. The summed E-state index contributed by atoms with van der Waals surface area (Å²) in [5.41, 5.74) is -0.588. The SMILES string of the molecule is Cc1onc(-c2c(F)cccc2Cl)c1C(=O)NC(C(=O)[O-])C1N[C@@H](C(=O)[O-])C(C)(C)S1.[Na+].[Na+]. The fourth-order valence-corrected chi connectivity index (χ4v) is 5.04. The number of amides is 1. The molecular weight excluding hydrogens is 499 g/mol. The molecule has 3 atom stereocenters. The van der Waals surface area contributed by atoms with Gasteiger partial charge in [0, 0.05) is 4.75 Å². The van der Waals surface area contributed by atoms with Crippen molar-refractivity contribution in [1.29, 1.82) is 0 Å². The van der Waals surface area contributed by atoms with Gasteiger partial charge in [0.1, 0.15) is 22.8 Å². The molecule has 2 unspecified atom stereocenters. The Kier molecular flexibility index (Phi) is 10.9. The second-order valence-electron chi connectivity index (χ2n) is 7.39. The van der Waals surface area contributed by atoms with Crippen molar-refractivity contribution >= 4 is 41.2 Å². The van der Waals surface area contributed by atoms with E-state index in [4.69, 9.17) is 16.1 Å². The van der Waals surface area contributed by atoms with E-state index >= 15 is 0 Å². The first-order chi connectivity index (χ1) is 14.4. The number of aryl methyl sites for hydroxylation is 1. The quantitative estimate of drug-likeness (QED) is 0.359. The van der Waals surface area contributed by atoms with Crippen molar-refractivity contribution in [2.24, 2.45) is 0 Å². The molecule has 1 saturated heterocycles. The Balaban J connectivity index is 0.00000272. The van der Waals surface area contributed by atoms with Crippen LogP contribution in [0.25, 0.3) is 11.3 Å². The molecule has 166 valence electrons. The largest absolute Gasteiger partial charge is 1.00 e. The van der Waals surface area contributed by atoms with Gasteiger partial charge in [-0.1, -0.05) is 22.8 Å². The molecule has 1 aromatic heterocycles. The molecule has 1 aromatic carbocycles. The average Bonchev–Trinajstić information content (AvgIpc) is 3.18. The molecule has 14 heteroatoms. The van der Waals surface area contributed by atoms with Gasteiger partial charge in [0.15, 0.2) is 0 Å². The zero-order chi connectivity index (χ0) is 23.1. The third-order valence-corrected chi connectivity index (χ3v) is 6.65. The van der Waals surface area contributed by atoms with E-state index in [1.807, 2.05) is 0 Å². The Hall–Kier alpha value is -0.630. The molecule has 0 aliphatic carbocycles. The number of benzene rings is 1. The van der Waals surface area contributed by atoms with E-state index in [0.29, 0.717) is 0 Å². The second-order valence-corrected chi connectivity index (χ2v) is 9.59. The maximum Gasteiger partial charge on any atom is 1.00 e. The van der Waals surface area contributed by atoms with Crippen LogP contribution < -0.4 is 80.0 Å². The van der Waals surface area contributed by atoms with E-state index < -0.39 is 45.9 Å². The minimum Gasteiger partial charge on any atom is -0.548 e. The van der Waals surface area contributed by atoms with Crippen molar-refractivity contribution in [3.63, 3.8) is 0 Å². The van der Waals surface area contributed by atoms with Crippen LogP contribution in [0.5, 0.6) is 0 Å². The smallest absolute Gasteiger partial charge is 0.548 e. The molecule has 1 fully saturated rings. The summed E-state index contributed by atoms with van der Waals surface area (Å²) in [5.74, 6) is -4.73. The average molecular weight is 516 g/mol. The molecule has 2 heterocycles. The van der Waals surface area contributed by atoms with Crippen LogP contribution in [0.1, 0.15) is 30.0 Å². The molecule has 0 spiro atoms. The summed E-state index contributed by atoms with van der Waals surface area (Å²) in [7, 11) is 0. The summed E-state index contributed by atoms with van der Waals surface area (Å²) in [6.45, 7) is 4.59. The standard InChI is InChI=1S/C19H19ClFN3O6S.2Na/c1-7-10(12(24-30-7)11-8(20)5-4-6-9(11)21)15(25)22-13(17(26)27)16-23-14(18(28)29)19(2,3)31-16;;/h4-6,13-14,16,23H,1-3H3,(H,22,25)(H,26,27)(H,28,29);;/q;2*+1/p-2/t13?,14-,16?;;/m0../s1. The van der Waals surface area contributed by atoms with Gasteiger partial charge < -0.3 is 29.6 Å². The van der Waals surface area contributed by atoms with Gasteiger partial charge in [-0.3, -0.25) is 10.1 Å². The number of nitrogens with zero attached hydrogens (tertiary/aromatic N) is 1. The van der Waals surface area contributed by atoms with Gasteiger partial charge in [-0.15, -0.1) is 11.8 Å². The maximum atomic E-state index is 14.4. The number of carbonyl (C=O) groups excluding carboxylic acids is 3. The van der Waals surface area contributed by atoms with Gasteiger partial charge >= 0.3 is 59.1 Å². The fourth-order valence-electron chi connectivity index (χ4n) is 3.32. The summed E-state index contributed by atoms with van der Waals surface area (Å²) in [6, 6.07) is 1.11. The van der Waals surface area contributed by atoms with Crippen LogP contribution >= 0.6 is 23.4 Å². The Bertz CT molecular complexity index is 1050. The number of nitrogens with one attached hydrogen (secondary N) is 2.